The van der Waals surface area contributed by atoms with Gasteiger partial charge in [0.15, 0.2) is 0 Å². The quantitative estimate of drug-likeness (QED) is 0.417. The molecule has 0 aliphatic rings. The first-order valence-electron chi connectivity index (χ1n) is 3.84. The van der Waals surface area contributed by atoms with Crippen molar-refractivity contribution in [2.75, 3.05) is 0 Å². The van der Waals surface area contributed by atoms with Gasteiger partial charge in [0.25, 0.3) is 0 Å². The van der Waals surface area contributed by atoms with E-state index in [1.165, 1.54) is 6.92 Å². The summed E-state index contributed by atoms with van der Waals surface area (Å²) in [6.07, 6.45) is 0.635. The van der Waals surface area contributed by atoms with Crippen molar-refractivity contribution in [2.24, 2.45) is 0 Å². The normalized spacial score (nSPS) is 9.31. The molecule has 0 heterocycles. The van der Waals surface area contributed by atoms with Gasteiger partial charge in [-0.2, -0.15) is 0 Å². The van der Waals surface area contributed by atoms with Crippen molar-refractivity contribution in [3.63, 3.8) is 0 Å². The number of hydrogen-bond acceptors (Lipinski definition) is 3. The van der Waals surface area contributed by atoms with Crippen LogP contribution in [0.25, 0.3) is 0 Å². The highest BCUT2D eigenvalue weighted by molar-refractivity contribution is 7.78. The Morgan fingerprint density at radius 3 is 2.54 bits per heavy atom. The van der Waals surface area contributed by atoms with Crippen molar-refractivity contribution in [1.29, 1.82) is 0 Å². The summed E-state index contributed by atoms with van der Waals surface area (Å²) in [4.78, 5) is 10.6. The molecule has 13 heavy (non-hydrogen) atoms. The first-order valence-corrected chi connectivity index (χ1v) is 4.25. The Labute approximate surface area is 82.5 Å². The summed E-state index contributed by atoms with van der Waals surface area (Å²) < 4.78 is 4.86. The summed E-state index contributed by atoms with van der Waals surface area (Å²) in [5.41, 5.74) is 1.06. The van der Waals surface area contributed by atoms with Crippen LogP contribution < -0.4 is 4.74 Å². The molecule has 0 bridgehead atoms. The molecule has 67 valence electrons. The first kappa shape index (κ1) is 9.86. The maximum atomic E-state index is 10.6. The SMILES string of the molecule is CC(=O)Oc1ccc(C[C]=S)cc1. The van der Waals surface area contributed by atoms with Gasteiger partial charge in [0, 0.05) is 18.7 Å². The molecule has 0 fully saturated rings. The summed E-state index contributed by atoms with van der Waals surface area (Å²) in [7, 11) is 0. The molecule has 0 unspecified atom stereocenters. The van der Waals surface area contributed by atoms with Gasteiger partial charge in [-0.15, -0.1) is 0 Å². The van der Waals surface area contributed by atoms with Gasteiger partial charge in [0.2, 0.25) is 0 Å². The average Bonchev–Trinajstić information content (AvgIpc) is 2.08. The second kappa shape index (κ2) is 4.72. The summed E-state index contributed by atoms with van der Waals surface area (Å²) >= 11 is 4.60. The maximum Gasteiger partial charge on any atom is 0.308 e. The molecule has 0 aliphatic carbocycles. The van der Waals surface area contributed by atoms with Crippen LogP contribution in [0.4, 0.5) is 0 Å². The van der Waals surface area contributed by atoms with E-state index in [-0.39, 0.29) is 5.97 Å². The van der Waals surface area contributed by atoms with E-state index in [0.29, 0.717) is 12.2 Å². The number of ether oxygens (including phenoxy) is 1. The van der Waals surface area contributed by atoms with E-state index in [1.807, 2.05) is 12.1 Å². The number of benzene rings is 1. The second-order valence-electron chi connectivity index (χ2n) is 2.56. The van der Waals surface area contributed by atoms with E-state index in [0.717, 1.165) is 5.56 Å². The molecule has 1 aromatic rings. The van der Waals surface area contributed by atoms with Crippen LogP contribution in [-0.2, 0) is 11.2 Å². The second-order valence-corrected chi connectivity index (χ2v) is 2.85. The van der Waals surface area contributed by atoms with Crippen LogP contribution in [-0.4, -0.2) is 11.3 Å². The molecule has 0 saturated heterocycles. The van der Waals surface area contributed by atoms with Gasteiger partial charge >= 0.3 is 5.97 Å². The van der Waals surface area contributed by atoms with Crippen LogP contribution in [0.2, 0.25) is 0 Å². The predicted octanol–water partition coefficient (Wildman–Crippen LogP) is 2.03. The van der Waals surface area contributed by atoms with Gasteiger partial charge in [-0.25, -0.2) is 0 Å². The monoisotopic (exact) mass is 193 g/mol. The summed E-state index contributed by atoms with van der Waals surface area (Å²) in [5, 5.41) is 2.62. The van der Waals surface area contributed by atoms with E-state index in [2.05, 4.69) is 17.6 Å². The van der Waals surface area contributed by atoms with Crippen LogP contribution in [0, 0.1) is 0 Å². The number of rotatable bonds is 3. The van der Waals surface area contributed by atoms with Gasteiger partial charge in [-0.05, 0) is 17.7 Å². The molecule has 2 nitrogen and oxygen atoms in total. The molecule has 0 saturated carbocycles. The fourth-order valence-electron chi connectivity index (χ4n) is 0.925. The van der Waals surface area contributed by atoms with Crippen molar-refractivity contribution in [3.8, 4) is 5.75 Å². The lowest BCUT2D eigenvalue weighted by molar-refractivity contribution is -0.131. The third-order valence-corrected chi connectivity index (χ3v) is 1.61. The van der Waals surface area contributed by atoms with Crippen LogP contribution in [0.1, 0.15) is 12.5 Å². The molecule has 0 aromatic heterocycles. The van der Waals surface area contributed by atoms with E-state index in [1.54, 1.807) is 12.1 Å². The van der Waals surface area contributed by atoms with Crippen molar-refractivity contribution in [1.82, 2.24) is 0 Å². The minimum atomic E-state index is -0.311. The Balaban J connectivity index is 2.69. The standard InChI is InChI=1S/C10H9O2S/c1-8(11)12-10-4-2-9(3-5-10)6-7-13/h2-5H,6H2,1H3. The zero-order valence-electron chi connectivity index (χ0n) is 7.24. The fourth-order valence-corrected chi connectivity index (χ4v) is 1.09. The molecular weight excluding hydrogens is 184 g/mol. The number of carbonyl (C=O) groups excluding carboxylic acids is 1. The van der Waals surface area contributed by atoms with E-state index in [9.17, 15) is 4.79 Å². The molecule has 0 amide bonds. The van der Waals surface area contributed by atoms with Crippen molar-refractivity contribution in [3.05, 3.63) is 29.8 Å². The molecular formula is C10H9O2S. The largest absolute Gasteiger partial charge is 0.427 e. The third kappa shape index (κ3) is 3.34. The Morgan fingerprint density at radius 2 is 2.08 bits per heavy atom. The van der Waals surface area contributed by atoms with Gasteiger partial charge < -0.3 is 4.74 Å². The van der Waals surface area contributed by atoms with Crippen LogP contribution in [0.5, 0.6) is 5.75 Å². The first-order chi connectivity index (χ1) is 6.22. The van der Waals surface area contributed by atoms with Gasteiger partial charge in [-0.1, -0.05) is 24.4 Å². The number of thiocarbonyl (C=S) groups is 1. The summed E-state index contributed by atoms with van der Waals surface area (Å²) in [6, 6.07) is 7.20. The van der Waals surface area contributed by atoms with Crippen molar-refractivity contribution in [2.45, 2.75) is 13.3 Å². The Bertz CT molecular complexity index is 303. The van der Waals surface area contributed by atoms with Crippen molar-refractivity contribution >= 4 is 23.6 Å². The lowest BCUT2D eigenvalue weighted by Gasteiger charge is -2.01. The highest BCUT2D eigenvalue weighted by Gasteiger charge is 1.97. The van der Waals surface area contributed by atoms with E-state index in [4.69, 9.17) is 4.74 Å². The zero-order chi connectivity index (χ0) is 9.68. The van der Waals surface area contributed by atoms with Crippen LogP contribution >= 0.6 is 12.2 Å². The molecule has 1 radical (unpaired) electrons. The predicted molar refractivity (Wildman–Crippen MR) is 54.1 cm³/mol. The van der Waals surface area contributed by atoms with Gasteiger partial charge in [0.05, 0.1) is 0 Å². The molecule has 3 heteroatoms. The van der Waals surface area contributed by atoms with Crippen molar-refractivity contribution < 1.29 is 9.53 Å². The highest BCUT2D eigenvalue weighted by Crippen LogP contribution is 2.12. The van der Waals surface area contributed by atoms with E-state index < -0.39 is 0 Å². The summed E-state index contributed by atoms with van der Waals surface area (Å²) in [5.74, 6) is 0.245. The zero-order valence-corrected chi connectivity index (χ0v) is 8.06. The topological polar surface area (TPSA) is 26.3 Å². The molecule has 0 aliphatic heterocycles. The lowest BCUT2D eigenvalue weighted by Crippen LogP contribution is -2.01. The van der Waals surface area contributed by atoms with Crippen LogP contribution in [0.15, 0.2) is 24.3 Å². The Hall–Kier alpha value is -1.22. The third-order valence-electron chi connectivity index (χ3n) is 1.46. The fraction of sp³-hybridized carbons (Fsp3) is 0.200. The minimum absolute atomic E-state index is 0.311. The Morgan fingerprint density at radius 1 is 1.46 bits per heavy atom. The molecule has 1 rings (SSSR count). The number of hydrogen-bond donors (Lipinski definition) is 0. The average molecular weight is 193 g/mol. The summed E-state index contributed by atoms with van der Waals surface area (Å²) in [6.45, 7) is 1.37. The lowest BCUT2D eigenvalue weighted by atomic mass is 10.2. The Kier molecular flexibility index (Phi) is 3.58. The van der Waals surface area contributed by atoms with Gasteiger partial charge in [0.1, 0.15) is 5.75 Å². The molecule has 0 atom stereocenters. The highest BCUT2D eigenvalue weighted by atomic mass is 32.1. The van der Waals surface area contributed by atoms with Crippen LogP contribution in [0.3, 0.4) is 0 Å². The molecule has 1 aromatic carbocycles. The maximum absolute atomic E-state index is 10.6. The molecule has 0 spiro atoms. The van der Waals surface area contributed by atoms with E-state index >= 15 is 0 Å². The van der Waals surface area contributed by atoms with Gasteiger partial charge in [-0.3, -0.25) is 4.79 Å². The smallest absolute Gasteiger partial charge is 0.308 e. The molecule has 0 N–H and O–H groups in total. The number of carbonyl (C=O) groups is 1. The number of esters is 1. The minimum Gasteiger partial charge on any atom is -0.427 e.